The molecule has 0 radical (unpaired) electrons. The predicted octanol–water partition coefficient (Wildman–Crippen LogP) is 2.26. The van der Waals surface area contributed by atoms with Gasteiger partial charge in [-0.15, -0.1) is 0 Å². The number of nitrogens with one attached hydrogen (secondary N) is 1. The largest absolute Gasteiger partial charge is 0.485 e. The Bertz CT molecular complexity index is 933. The van der Waals surface area contributed by atoms with Gasteiger partial charge in [-0.1, -0.05) is 30.9 Å². The molecule has 152 valence electrons. The van der Waals surface area contributed by atoms with E-state index < -0.39 is 6.04 Å². The van der Waals surface area contributed by atoms with Gasteiger partial charge in [0.1, 0.15) is 18.5 Å². The quantitative estimate of drug-likeness (QED) is 0.725. The smallest absolute Gasteiger partial charge is 0.248 e. The van der Waals surface area contributed by atoms with Gasteiger partial charge in [0, 0.05) is 13.2 Å². The number of pyridine rings is 1. The van der Waals surface area contributed by atoms with Crippen molar-refractivity contribution in [3.05, 3.63) is 66.9 Å². The Morgan fingerprint density at radius 1 is 1.38 bits per heavy atom. The number of carbonyl (C=O) groups is 1. The third-order valence-electron chi connectivity index (χ3n) is 4.51. The van der Waals surface area contributed by atoms with Gasteiger partial charge in [-0.05, 0) is 31.6 Å². The van der Waals surface area contributed by atoms with Crippen molar-refractivity contribution in [2.24, 2.45) is 0 Å². The van der Waals surface area contributed by atoms with Crippen LogP contribution in [0.2, 0.25) is 0 Å². The van der Waals surface area contributed by atoms with Gasteiger partial charge >= 0.3 is 0 Å². The molecule has 0 saturated heterocycles. The van der Waals surface area contributed by atoms with E-state index in [1.807, 2.05) is 44.2 Å². The summed E-state index contributed by atoms with van der Waals surface area (Å²) in [4.78, 5) is 23.0. The van der Waals surface area contributed by atoms with Crippen molar-refractivity contribution in [1.29, 1.82) is 0 Å². The van der Waals surface area contributed by atoms with Gasteiger partial charge in [0.2, 0.25) is 5.91 Å². The Morgan fingerprint density at radius 3 is 3.00 bits per heavy atom. The van der Waals surface area contributed by atoms with Crippen molar-refractivity contribution >= 4 is 11.7 Å². The molecular weight excluding hydrogens is 368 g/mol. The molecule has 0 bridgehead atoms. The van der Waals surface area contributed by atoms with Crippen LogP contribution >= 0.6 is 0 Å². The van der Waals surface area contributed by atoms with Crippen LogP contribution in [0, 0.1) is 0 Å². The second-order valence-corrected chi connectivity index (χ2v) is 6.81. The van der Waals surface area contributed by atoms with Gasteiger partial charge in [-0.25, -0.2) is 14.6 Å². The molecule has 2 aromatic heterocycles. The Balaban J connectivity index is 1.62. The molecule has 2 aromatic rings. The zero-order chi connectivity index (χ0) is 20.8. The first-order chi connectivity index (χ1) is 14.0. The van der Waals surface area contributed by atoms with E-state index in [2.05, 4.69) is 27.0 Å². The molecule has 0 aromatic carbocycles. The first-order valence-electron chi connectivity index (χ1n) is 9.47. The summed E-state index contributed by atoms with van der Waals surface area (Å²) in [5.74, 6) is 1.59. The molecule has 1 N–H and O–H groups in total. The number of amides is 1. The number of ether oxygens (including phenoxy) is 1. The number of aromatic nitrogens is 4. The molecule has 1 aliphatic rings. The molecule has 8 nitrogen and oxygen atoms in total. The summed E-state index contributed by atoms with van der Waals surface area (Å²) in [5, 5.41) is 7.67. The van der Waals surface area contributed by atoms with E-state index in [9.17, 15) is 4.79 Å². The maximum absolute atomic E-state index is 12.9. The summed E-state index contributed by atoms with van der Waals surface area (Å²) in [6, 6.07) is 3.06. The van der Waals surface area contributed by atoms with E-state index in [1.165, 1.54) is 4.90 Å². The van der Waals surface area contributed by atoms with E-state index in [4.69, 9.17) is 4.74 Å². The Kier molecular flexibility index (Phi) is 6.56. The minimum absolute atomic E-state index is 0.114. The zero-order valence-corrected chi connectivity index (χ0v) is 16.9. The van der Waals surface area contributed by atoms with Crippen LogP contribution in [-0.2, 0) is 17.9 Å². The van der Waals surface area contributed by atoms with Crippen LogP contribution in [0.5, 0.6) is 5.75 Å². The van der Waals surface area contributed by atoms with Crippen molar-refractivity contribution < 1.29 is 9.53 Å². The van der Waals surface area contributed by atoms with Crippen molar-refractivity contribution in [2.45, 2.75) is 39.1 Å². The number of allylic oxidation sites excluding steroid dienone is 5. The summed E-state index contributed by atoms with van der Waals surface area (Å²) in [5.41, 5.74) is 0.917. The number of anilines is 1. The highest BCUT2D eigenvalue weighted by Crippen LogP contribution is 2.29. The number of fused-ring (bicyclic) bond motifs is 1. The first kappa shape index (κ1) is 20.5. The van der Waals surface area contributed by atoms with E-state index in [-0.39, 0.29) is 12.0 Å². The average molecular weight is 394 g/mol. The number of hydrogen-bond donors (Lipinski definition) is 1. The van der Waals surface area contributed by atoms with E-state index in [0.29, 0.717) is 30.5 Å². The number of likely N-dealkylation sites (N-methyl/N-ethyl adjacent to an activating group) is 1. The van der Waals surface area contributed by atoms with Crippen LogP contribution in [0.4, 0.5) is 5.82 Å². The van der Waals surface area contributed by atoms with Crippen molar-refractivity contribution in [3.63, 3.8) is 0 Å². The van der Waals surface area contributed by atoms with Gasteiger partial charge in [0.05, 0.1) is 13.1 Å². The number of nitrogens with zero attached hydrogens (tertiary/aromatic N) is 5. The minimum Gasteiger partial charge on any atom is -0.485 e. The molecule has 3 rings (SSSR count). The van der Waals surface area contributed by atoms with Gasteiger partial charge in [-0.2, -0.15) is 5.10 Å². The molecule has 1 aliphatic heterocycles. The zero-order valence-electron chi connectivity index (χ0n) is 16.9. The highest BCUT2D eigenvalue weighted by atomic mass is 16.5. The van der Waals surface area contributed by atoms with E-state index in [0.717, 1.165) is 5.57 Å². The fraction of sp³-hybridized carbons (Fsp3) is 0.333. The number of rotatable bonds is 7. The molecule has 1 amide bonds. The summed E-state index contributed by atoms with van der Waals surface area (Å²) >= 11 is 0. The monoisotopic (exact) mass is 394 g/mol. The molecule has 0 unspecified atom stereocenters. The minimum atomic E-state index is -0.542. The standard InChI is InChI=1S/C21H26N6O2/c1-5-6-7-9-15(2)13-27-14-24-18(25-27)12-23-19-16(3)29-17-10-8-11-22-20(17)26(4)21(19)28/h5-11,14,16,19,23H,2,12-13H2,1,3-4H3/b6-5-,9-7-/t16-,19+/m1/s1. The summed E-state index contributed by atoms with van der Waals surface area (Å²) < 4.78 is 7.67. The van der Waals surface area contributed by atoms with Gasteiger partial charge in [0.15, 0.2) is 17.4 Å². The average Bonchev–Trinajstić information content (AvgIpc) is 3.11. The lowest BCUT2D eigenvalue weighted by atomic mass is 10.1. The fourth-order valence-electron chi connectivity index (χ4n) is 3.02. The fourth-order valence-corrected chi connectivity index (χ4v) is 3.02. The molecule has 0 fully saturated rings. The molecule has 0 saturated carbocycles. The maximum Gasteiger partial charge on any atom is 0.248 e. The number of hydrogen-bond acceptors (Lipinski definition) is 6. The molecule has 8 heteroatoms. The number of carbonyl (C=O) groups excluding carboxylic acids is 1. The lowest BCUT2D eigenvalue weighted by molar-refractivity contribution is -0.121. The second-order valence-electron chi connectivity index (χ2n) is 6.81. The Morgan fingerprint density at radius 2 is 2.21 bits per heavy atom. The Hall–Kier alpha value is -3.26. The van der Waals surface area contributed by atoms with Crippen LogP contribution < -0.4 is 15.0 Å². The molecule has 0 aliphatic carbocycles. The normalized spacial score (nSPS) is 19.4. The molecule has 2 atom stereocenters. The second kappa shape index (κ2) is 9.29. The van der Waals surface area contributed by atoms with Gasteiger partial charge in [-0.3, -0.25) is 15.0 Å². The molecular formula is C21H26N6O2. The van der Waals surface area contributed by atoms with E-state index in [1.54, 1.807) is 30.3 Å². The SMILES string of the molecule is C=C(/C=C\C=C/C)Cn1cnc(CN[C@@H]2C(=O)N(C)c3ncccc3O[C@@H]2C)n1. The van der Waals surface area contributed by atoms with Crippen molar-refractivity contribution in [3.8, 4) is 5.75 Å². The highest BCUT2D eigenvalue weighted by molar-refractivity contribution is 5.98. The first-order valence-corrected chi connectivity index (χ1v) is 9.47. The summed E-state index contributed by atoms with van der Waals surface area (Å²) in [6.45, 7) is 8.72. The molecule has 0 spiro atoms. The predicted molar refractivity (Wildman–Crippen MR) is 111 cm³/mol. The third-order valence-corrected chi connectivity index (χ3v) is 4.51. The van der Waals surface area contributed by atoms with Crippen molar-refractivity contribution in [2.75, 3.05) is 11.9 Å². The van der Waals surface area contributed by atoms with Crippen molar-refractivity contribution in [1.82, 2.24) is 25.1 Å². The van der Waals surface area contributed by atoms with Gasteiger partial charge in [0.25, 0.3) is 0 Å². The van der Waals surface area contributed by atoms with Crippen LogP contribution in [-0.4, -0.2) is 44.8 Å². The lowest BCUT2D eigenvalue weighted by Crippen LogP contribution is -2.51. The topological polar surface area (TPSA) is 85.2 Å². The molecule has 29 heavy (non-hydrogen) atoms. The van der Waals surface area contributed by atoms with Crippen LogP contribution in [0.1, 0.15) is 19.7 Å². The summed E-state index contributed by atoms with van der Waals surface area (Å²) in [6.07, 6.45) is 10.7. The third kappa shape index (κ3) is 4.97. The highest BCUT2D eigenvalue weighted by Gasteiger charge is 2.35. The van der Waals surface area contributed by atoms with E-state index >= 15 is 0 Å². The van der Waals surface area contributed by atoms with Gasteiger partial charge < -0.3 is 4.74 Å². The van der Waals surface area contributed by atoms with Crippen LogP contribution in [0.15, 0.2) is 61.1 Å². The van der Waals surface area contributed by atoms with Crippen LogP contribution in [0.25, 0.3) is 0 Å². The summed E-state index contributed by atoms with van der Waals surface area (Å²) in [7, 11) is 1.70. The molecule has 3 heterocycles. The van der Waals surface area contributed by atoms with Crippen LogP contribution in [0.3, 0.4) is 0 Å². The maximum atomic E-state index is 12.9. The Labute approximate surface area is 170 Å². The lowest BCUT2D eigenvalue weighted by Gasteiger charge is -2.23.